The van der Waals surface area contributed by atoms with Gasteiger partial charge in [0, 0.05) is 32.4 Å². The normalized spacial score (nSPS) is 18.6. The van der Waals surface area contributed by atoms with Gasteiger partial charge in [-0.25, -0.2) is 0 Å². The Morgan fingerprint density at radius 2 is 2.04 bits per heavy atom. The maximum Gasteiger partial charge on any atom is 0.227 e. The number of anilines is 1. The summed E-state index contributed by atoms with van der Waals surface area (Å²) in [5, 5.41) is 9.82. The number of aliphatic hydroxyl groups is 1. The summed E-state index contributed by atoms with van der Waals surface area (Å²) in [5.41, 5.74) is 8.53. The fraction of sp³-hybridized carbons (Fsp3) is 0.381. The number of carbonyl (C=O) groups excluding carboxylic acids is 1. The molecule has 0 radical (unpaired) electrons. The van der Waals surface area contributed by atoms with Crippen molar-refractivity contribution in [3.8, 4) is 0 Å². The van der Waals surface area contributed by atoms with Gasteiger partial charge in [-0.05, 0) is 29.7 Å². The predicted molar refractivity (Wildman–Crippen MR) is 104 cm³/mol. The molecular weight excluding hydrogens is 326 g/mol. The largest absolute Gasteiger partial charge is 0.399 e. The summed E-state index contributed by atoms with van der Waals surface area (Å²) in [6.07, 6.45) is 0.857. The highest BCUT2D eigenvalue weighted by Gasteiger charge is 2.28. The molecule has 1 amide bonds. The fourth-order valence-electron chi connectivity index (χ4n) is 3.53. The first-order chi connectivity index (χ1) is 12.5. The third kappa shape index (κ3) is 4.62. The van der Waals surface area contributed by atoms with Crippen LogP contribution >= 0.6 is 0 Å². The smallest absolute Gasteiger partial charge is 0.227 e. The van der Waals surface area contributed by atoms with Crippen molar-refractivity contribution in [1.82, 2.24) is 9.80 Å². The van der Waals surface area contributed by atoms with Gasteiger partial charge in [0.15, 0.2) is 0 Å². The van der Waals surface area contributed by atoms with E-state index in [-0.39, 0.29) is 18.1 Å². The minimum atomic E-state index is -0.264. The van der Waals surface area contributed by atoms with Gasteiger partial charge in [0.25, 0.3) is 0 Å². The molecule has 1 heterocycles. The lowest BCUT2D eigenvalue weighted by molar-refractivity contribution is -0.131. The first kappa shape index (κ1) is 18.4. The van der Waals surface area contributed by atoms with E-state index < -0.39 is 0 Å². The van der Waals surface area contributed by atoms with Gasteiger partial charge in [-0.1, -0.05) is 42.5 Å². The van der Waals surface area contributed by atoms with Gasteiger partial charge in [-0.2, -0.15) is 0 Å². The van der Waals surface area contributed by atoms with E-state index in [9.17, 15) is 9.90 Å². The summed E-state index contributed by atoms with van der Waals surface area (Å²) in [7, 11) is 1.86. The number of nitrogen functional groups attached to an aromatic ring is 1. The van der Waals surface area contributed by atoms with Crippen molar-refractivity contribution in [2.45, 2.75) is 25.0 Å². The van der Waals surface area contributed by atoms with Crippen LogP contribution in [0.25, 0.3) is 0 Å². The second kappa shape index (κ2) is 8.34. The Morgan fingerprint density at radius 3 is 2.69 bits per heavy atom. The summed E-state index contributed by atoms with van der Waals surface area (Å²) in [6.45, 7) is 2.25. The Bertz CT molecular complexity index is 735. The van der Waals surface area contributed by atoms with Crippen LogP contribution in [0.4, 0.5) is 5.69 Å². The number of benzene rings is 2. The number of hydrogen-bond acceptors (Lipinski definition) is 4. The molecule has 1 unspecified atom stereocenters. The van der Waals surface area contributed by atoms with Crippen LogP contribution in [0.2, 0.25) is 0 Å². The Labute approximate surface area is 155 Å². The summed E-state index contributed by atoms with van der Waals surface area (Å²) < 4.78 is 0. The summed E-state index contributed by atoms with van der Waals surface area (Å²) in [5.74, 6) is 0.0594. The molecule has 1 fully saturated rings. The minimum absolute atomic E-state index is 0.0462. The Morgan fingerprint density at radius 1 is 1.27 bits per heavy atom. The maximum absolute atomic E-state index is 12.9. The molecule has 26 heavy (non-hydrogen) atoms. The van der Waals surface area contributed by atoms with Crippen LogP contribution in [-0.2, 0) is 11.2 Å². The van der Waals surface area contributed by atoms with E-state index in [0.29, 0.717) is 18.7 Å². The maximum atomic E-state index is 12.9. The standard InChI is InChI=1S/C21H27N3O2/c1-23(21(26)13-16-6-5-9-18(22)12-16)20(17-7-3-2-4-8-17)15-24-11-10-19(25)14-24/h2-9,12,19-20,25H,10-11,13-15,22H2,1H3/t19-,20?/m1/s1. The summed E-state index contributed by atoms with van der Waals surface area (Å²) in [4.78, 5) is 16.9. The topological polar surface area (TPSA) is 69.8 Å². The molecule has 138 valence electrons. The number of aliphatic hydroxyl groups excluding tert-OH is 1. The molecular formula is C21H27N3O2. The van der Waals surface area contributed by atoms with Crippen LogP contribution in [0.15, 0.2) is 54.6 Å². The molecule has 0 aliphatic carbocycles. The Balaban J connectivity index is 1.75. The fourth-order valence-corrected chi connectivity index (χ4v) is 3.53. The van der Waals surface area contributed by atoms with Crippen LogP contribution in [0, 0.1) is 0 Å². The molecule has 2 aromatic rings. The number of hydrogen-bond donors (Lipinski definition) is 2. The number of amides is 1. The lowest BCUT2D eigenvalue weighted by atomic mass is 10.0. The van der Waals surface area contributed by atoms with E-state index in [1.807, 2.05) is 54.4 Å². The van der Waals surface area contributed by atoms with Gasteiger partial charge in [0.05, 0.1) is 18.6 Å². The molecule has 5 heteroatoms. The van der Waals surface area contributed by atoms with Crippen molar-refractivity contribution in [2.24, 2.45) is 0 Å². The van der Waals surface area contributed by atoms with Crippen LogP contribution in [0.1, 0.15) is 23.6 Å². The van der Waals surface area contributed by atoms with Crippen LogP contribution in [-0.4, -0.2) is 53.6 Å². The molecule has 1 aliphatic rings. The molecule has 0 aromatic heterocycles. The molecule has 3 N–H and O–H groups in total. The third-order valence-corrected chi connectivity index (χ3v) is 5.03. The van der Waals surface area contributed by atoms with Gasteiger partial charge in [-0.15, -0.1) is 0 Å². The van der Waals surface area contributed by atoms with Crippen LogP contribution < -0.4 is 5.73 Å². The predicted octanol–water partition coefficient (Wildman–Crippen LogP) is 2.08. The molecule has 2 aromatic carbocycles. The van der Waals surface area contributed by atoms with Gasteiger partial charge in [0.2, 0.25) is 5.91 Å². The van der Waals surface area contributed by atoms with Crippen molar-refractivity contribution in [3.05, 3.63) is 65.7 Å². The highest BCUT2D eigenvalue weighted by Crippen LogP contribution is 2.24. The zero-order valence-corrected chi connectivity index (χ0v) is 15.2. The van der Waals surface area contributed by atoms with E-state index in [1.54, 1.807) is 0 Å². The van der Waals surface area contributed by atoms with Crippen molar-refractivity contribution < 1.29 is 9.90 Å². The number of nitrogens with two attached hydrogens (primary N) is 1. The SMILES string of the molecule is CN(C(=O)Cc1cccc(N)c1)C(CN1CC[C@@H](O)C1)c1ccccc1. The zero-order valence-electron chi connectivity index (χ0n) is 15.2. The molecule has 0 spiro atoms. The molecule has 0 bridgehead atoms. The van der Waals surface area contributed by atoms with Gasteiger partial charge in [0.1, 0.15) is 0 Å². The quantitative estimate of drug-likeness (QED) is 0.780. The zero-order chi connectivity index (χ0) is 18.5. The number of rotatable bonds is 6. The Kier molecular flexibility index (Phi) is 5.91. The lowest BCUT2D eigenvalue weighted by Gasteiger charge is -2.32. The monoisotopic (exact) mass is 353 g/mol. The van der Waals surface area contributed by atoms with E-state index in [0.717, 1.165) is 30.6 Å². The highest BCUT2D eigenvalue weighted by molar-refractivity contribution is 5.79. The van der Waals surface area contributed by atoms with Crippen molar-refractivity contribution in [3.63, 3.8) is 0 Å². The van der Waals surface area contributed by atoms with E-state index >= 15 is 0 Å². The van der Waals surface area contributed by atoms with Gasteiger partial charge in [-0.3, -0.25) is 9.69 Å². The Hall–Kier alpha value is -2.37. The van der Waals surface area contributed by atoms with Crippen LogP contribution in [0.5, 0.6) is 0 Å². The number of nitrogens with zero attached hydrogens (tertiary/aromatic N) is 2. The number of likely N-dealkylation sites (tertiary alicyclic amines) is 1. The van der Waals surface area contributed by atoms with Crippen molar-refractivity contribution >= 4 is 11.6 Å². The summed E-state index contributed by atoms with van der Waals surface area (Å²) in [6, 6.07) is 17.5. The van der Waals surface area contributed by atoms with E-state index in [2.05, 4.69) is 17.0 Å². The average Bonchev–Trinajstić information content (AvgIpc) is 3.05. The number of β-amino-alcohol motifs (C(OH)–C–C–N with tert-alkyl or cyclic N) is 1. The second-order valence-corrected chi connectivity index (χ2v) is 7.06. The molecule has 2 atom stereocenters. The second-order valence-electron chi connectivity index (χ2n) is 7.06. The van der Waals surface area contributed by atoms with E-state index in [1.165, 1.54) is 0 Å². The third-order valence-electron chi connectivity index (χ3n) is 5.03. The van der Waals surface area contributed by atoms with Gasteiger partial charge < -0.3 is 15.7 Å². The molecule has 0 saturated carbocycles. The highest BCUT2D eigenvalue weighted by atomic mass is 16.3. The lowest BCUT2D eigenvalue weighted by Crippen LogP contribution is -2.39. The molecule has 5 nitrogen and oxygen atoms in total. The van der Waals surface area contributed by atoms with Crippen molar-refractivity contribution in [1.29, 1.82) is 0 Å². The molecule has 1 saturated heterocycles. The minimum Gasteiger partial charge on any atom is -0.399 e. The first-order valence-electron chi connectivity index (χ1n) is 9.08. The van der Waals surface area contributed by atoms with Crippen LogP contribution in [0.3, 0.4) is 0 Å². The average molecular weight is 353 g/mol. The van der Waals surface area contributed by atoms with Crippen molar-refractivity contribution in [2.75, 3.05) is 32.4 Å². The van der Waals surface area contributed by atoms with Gasteiger partial charge >= 0.3 is 0 Å². The summed E-state index contributed by atoms with van der Waals surface area (Å²) >= 11 is 0. The first-order valence-corrected chi connectivity index (χ1v) is 9.08. The number of carbonyl (C=O) groups is 1. The number of likely N-dealkylation sites (N-methyl/N-ethyl adjacent to an activating group) is 1. The molecule has 1 aliphatic heterocycles. The molecule has 3 rings (SSSR count). The van der Waals surface area contributed by atoms with E-state index in [4.69, 9.17) is 5.73 Å².